The summed E-state index contributed by atoms with van der Waals surface area (Å²) in [6, 6.07) is 0. The topological polar surface area (TPSA) is 0 Å². The third kappa shape index (κ3) is 1.80. The number of alkyl halides is 4. The second-order valence-corrected chi connectivity index (χ2v) is 11.2. The van der Waals surface area contributed by atoms with Gasteiger partial charge in [-0.05, 0) is 0 Å². The van der Waals surface area contributed by atoms with Gasteiger partial charge in [0.1, 0.15) is 37.5 Å². The van der Waals surface area contributed by atoms with Crippen LogP contribution in [0.3, 0.4) is 0 Å². The summed E-state index contributed by atoms with van der Waals surface area (Å²) in [5, 5.41) is 0. The van der Waals surface area contributed by atoms with E-state index in [1.807, 2.05) is 0 Å². The van der Waals surface area contributed by atoms with Crippen molar-refractivity contribution < 1.29 is 0 Å². The Hall–Kier alpha value is 2.44. The fourth-order valence-electron chi connectivity index (χ4n) is 3.73. The van der Waals surface area contributed by atoms with Crippen molar-refractivity contribution in [2.75, 3.05) is 0 Å². The molecule has 0 atom stereocenters. The summed E-state index contributed by atoms with van der Waals surface area (Å²) in [4.78, 5) is -6.37. The lowest BCUT2D eigenvalue weighted by Crippen LogP contribution is -2.99. The Morgan fingerprint density at radius 1 is 0.375 bits per heavy atom. The molecule has 0 aromatic carbocycles. The van der Waals surface area contributed by atoms with E-state index in [0.717, 1.165) is 0 Å². The normalized spacial score (nSPS) is 42.5. The number of rotatable bonds is 0. The van der Waals surface area contributed by atoms with Crippen LogP contribution in [0.5, 0.6) is 0 Å². The summed E-state index contributed by atoms with van der Waals surface area (Å²) in [5.41, 5.74) is 0.521. The summed E-state index contributed by atoms with van der Waals surface area (Å²) in [5.74, 6) is 0. The predicted octanol–water partition coefficient (Wildman–Crippen LogP) is 8.69. The molecule has 0 saturated heterocycles. The van der Waals surface area contributed by atoms with Crippen LogP contribution in [-0.2, 0) is 0 Å². The fourth-order valence-corrected chi connectivity index (χ4v) is 8.84. The number of fused-ring (bicyclic) bond motifs is 4. The largest absolute Gasteiger partial charge is 0.123 e. The molecular formula is C12Cl12. The van der Waals surface area contributed by atoms with Gasteiger partial charge in [-0.2, -0.15) is 0 Å². The first-order valence-corrected chi connectivity index (χ1v) is 10.3. The first kappa shape index (κ1) is 21.2. The smallest absolute Gasteiger partial charge is 0.109 e. The fraction of sp³-hybridized carbons (Fsp3) is 0.333. The molecule has 132 valence electrons. The van der Waals surface area contributed by atoms with E-state index in [9.17, 15) is 0 Å². The van der Waals surface area contributed by atoms with Crippen molar-refractivity contribution in [3.63, 3.8) is 0 Å². The summed E-state index contributed by atoms with van der Waals surface area (Å²) in [7, 11) is 0. The van der Waals surface area contributed by atoms with Crippen LogP contribution in [0.2, 0.25) is 0 Å². The minimum atomic E-state index is -1.59. The lowest BCUT2D eigenvalue weighted by molar-refractivity contribution is 0.112. The van der Waals surface area contributed by atoms with Crippen LogP contribution >= 0.6 is 139 Å². The van der Waals surface area contributed by atoms with Gasteiger partial charge in [-0.3, -0.25) is 0 Å². The quantitative estimate of drug-likeness (QED) is 0.256. The molecule has 0 spiro atoms. The van der Waals surface area contributed by atoms with Gasteiger partial charge in [-0.25, -0.2) is 0 Å². The van der Waals surface area contributed by atoms with Crippen LogP contribution in [0.25, 0.3) is 0 Å². The van der Waals surface area contributed by atoms with E-state index in [-0.39, 0.29) is 40.3 Å². The van der Waals surface area contributed by atoms with E-state index in [1.54, 1.807) is 0 Å². The molecule has 0 aliphatic heterocycles. The third-order valence-electron chi connectivity index (χ3n) is 4.53. The average Bonchev–Trinajstić information content (AvgIpc) is 2.43. The van der Waals surface area contributed by atoms with Gasteiger partial charge in [0.05, 0.1) is 0 Å². The molecule has 3 saturated carbocycles. The molecule has 3 aliphatic rings. The summed E-state index contributed by atoms with van der Waals surface area (Å²) in [6.45, 7) is 0. The van der Waals surface area contributed by atoms with E-state index in [0.29, 0.717) is 0 Å². The number of hydrogen-bond acceptors (Lipinski definition) is 0. The second kappa shape index (κ2) is 5.97. The Morgan fingerprint density at radius 3 is 0.583 bits per heavy atom. The molecule has 0 nitrogen and oxygen atoms in total. The van der Waals surface area contributed by atoms with Crippen molar-refractivity contribution in [3.05, 3.63) is 40.3 Å². The van der Waals surface area contributed by atoms with E-state index >= 15 is 0 Å². The lowest BCUT2D eigenvalue weighted by Gasteiger charge is -2.85. The van der Waals surface area contributed by atoms with Crippen LogP contribution in [0.15, 0.2) is 40.3 Å². The molecule has 0 radical (unpaired) electrons. The molecule has 3 aliphatic carbocycles. The maximum atomic E-state index is 6.73. The van der Waals surface area contributed by atoms with E-state index < -0.39 is 19.5 Å². The first-order valence-electron chi connectivity index (χ1n) is 5.77. The van der Waals surface area contributed by atoms with Crippen molar-refractivity contribution in [1.29, 1.82) is 0 Å². The van der Waals surface area contributed by atoms with Crippen LogP contribution < -0.4 is 0 Å². The number of allylic oxidation sites excluding steroid dienone is 4. The van der Waals surface area contributed by atoms with E-state index in [1.165, 1.54) is 0 Å². The zero-order chi connectivity index (χ0) is 18.6. The molecule has 0 N–H and O–H groups in total. The molecule has 3 rings (SSSR count). The van der Waals surface area contributed by atoms with Gasteiger partial charge < -0.3 is 0 Å². The van der Waals surface area contributed by atoms with Crippen molar-refractivity contribution in [1.82, 2.24) is 0 Å². The predicted molar refractivity (Wildman–Crippen MR) is 109 cm³/mol. The molecule has 3 fully saturated rings. The highest BCUT2D eigenvalue weighted by Gasteiger charge is 3.02. The third-order valence-corrected chi connectivity index (χ3v) is 9.46. The van der Waals surface area contributed by atoms with Gasteiger partial charge >= 0.3 is 0 Å². The SMILES string of the molecule is ClC(Cl)=C1C(=C(Cl)Cl)C2(Cl)C1(Cl)C1(Cl)C(=C(Cl)Cl)C(=C(Cl)Cl)C21Cl. The monoisotopic (exact) mass is 564 g/mol. The Balaban J connectivity index is 2.43. The maximum absolute atomic E-state index is 6.73. The van der Waals surface area contributed by atoms with E-state index in [2.05, 4.69) is 0 Å². The molecule has 0 heterocycles. The van der Waals surface area contributed by atoms with Crippen molar-refractivity contribution in [2.24, 2.45) is 0 Å². The maximum Gasteiger partial charge on any atom is 0.123 e. The Bertz CT molecular complexity index is 652. The Labute approximate surface area is 197 Å². The molecular weight excluding hydrogens is 570 g/mol. The highest BCUT2D eigenvalue weighted by Crippen LogP contribution is 2.93. The van der Waals surface area contributed by atoms with Gasteiger partial charge in [-0.1, -0.05) is 92.8 Å². The zero-order valence-electron chi connectivity index (χ0n) is 10.5. The molecule has 0 amide bonds. The van der Waals surface area contributed by atoms with Crippen LogP contribution in [0.4, 0.5) is 0 Å². The Kier molecular flexibility index (Phi) is 5.26. The van der Waals surface area contributed by atoms with Crippen molar-refractivity contribution in [2.45, 2.75) is 19.5 Å². The summed E-state index contributed by atoms with van der Waals surface area (Å²) in [6.07, 6.45) is 0. The Morgan fingerprint density at radius 2 is 0.500 bits per heavy atom. The number of halogens is 12. The summed E-state index contributed by atoms with van der Waals surface area (Å²) >= 11 is 74.4. The van der Waals surface area contributed by atoms with Crippen LogP contribution in [-0.4, -0.2) is 19.5 Å². The van der Waals surface area contributed by atoms with Gasteiger partial charge in [0, 0.05) is 22.3 Å². The zero-order valence-corrected chi connectivity index (χ0v) is 19.6. The first-order chi connectivity index (χ1) is 10.8. The number of hydrogen-bond donors (Lipinski definition) is 0. The molecule has 0 bridgehead atoms. The molecule has 0 aromatic rings. The van der Waals surface area contributed by atoms with Gasteiger partial charge in [0.25, 0.3) is 0 Å². The lowest BCUT2D eigenvalue weighted by atomic mass is 9.31. The van der Waals surface area contributed by atoms with Crippen LogP contribution in [0.1, 0.15) is 0 Å². The molecule has 24 heavy (non-hydrogen) atoms. The van der Waals surface area contributed by atoms with Gasteiger partial charge in [-0.15, -0.1) is 46.4 Å². The highest BCUT2D eigenvalue weighted by atomic mass is 35.5. The van der Waals surface area contributed by atoms with Crippen LogP contribution in [0, 0.1) is 0 Å². The van der Waals surface area contributed by atoms with E-state index in [4.69, 9.17) is 139 Å². The van der Waals surface area contributed by atoms with Crippen molar-refractivity contribution in [3.8, 4) is 0 Å². The van der Waals surface area contributed by atoms with Gasteiger partial charge in [0.15, 0.2) is 0 Å². The van der Waals surface area contributed by atoms with Gasteiger partial charge in [0.2, 0.25) is 0 Å². The molecule has 0 unspecified atom stereocenters. The highest BCUT2D eigenvalue weighted by molar-refractivity contribution is 6.68. The standard InChI is InChI=1S/C12Cl12/c13-5(14)1-2(6(15)16)10(22)9(1,21)11(23)3(7(17)18)4(8(19)20)12(10,11)24. The minimum absolute atomic E-state index is 0.130. The minimum Gasteiger partial charge on any atom is -0.109 e. The molecule has 0 aromatic heterocycles. The average molecular weight is 570 g/mol. The molecule has 12 heteroatoms. The second-order valence-electron chi connectivity index (χ2n) is 5.18. The summed E-state index contributed by atoms with van der Waals surface area (Å²) < 4.78 is -0.914. The van der Waals surface area contributed by atoms with Crippen molar-refractivity contribution >= 4 is 139 Å².